The lowest BCUT2D eigenvalue weighted by Crippen LogP contribution is -2.67. The summed E-state index contributed by atoms with van der Waals surface area (Å²) in [5.41, 5.74) is 1.86. The number of phenols is 1. The van der Waals surface area contributed by atoms with Crippen molar-refractivity contribution in [3.8, 4) is 11.5 Å². The zero-order valence-corrected chi connectivity index (χ0v) is 32.5. The van der Waals surface area contributed by atoms with Crippen molar-refractivity contribution in [3.63, 3.8) is 0 Å². The van der Waals surface area contributed by atoms with E-state index < -0.39 is 41.4 Å². The van der Waals surface area contributed by atoms with E-state index in [0.717, 1.165) is 16.8 Å². The van der Waals surface area contributed by atoms with Crippen molar-refractivity contribution >= 4 is 63.6 Å². The number of methoxy groups -OCH3 is 1. The largest absolute Gasteiger partial charge is 0.504 e. The number of amides is 4. The van der Waals surface area contributed by atoms with Gasteiger partial charge in [0, 0.05) is 34.3 Å². The molecule has 288 valence electrons. The third kappa shape index (κ3) is 9.05. The van der Waals surface area contributed by atoms with Gasteiger partial charge in [-0.05, 0) is 60.1 Å². The molecule has 0 fully saturated rings. The second-order valence-corrected chi connectivity index (χ2v) is 14.8. The Labute approximate surface area is 324 Å². The van der Waals surface area contributed by atoms with Crippen LogP contribution in [0, 0.1) is 11.8 Å². The molecule has 1 heterocycles. The van der Waals surface area contributed by atoms with Crippen molar-refractivity contribution in [2.45, 2.75) is 84.0 Å². The van der Waals surface area contributed by atoms with E-state index in [1.54, 1.807) is 12.1 Å². The minimum Gasteiger partial charge on any atom is -0.504 e. The van der Waals surface area contributed by atoms with Crippen molar-refractivity contribution in [3.05, 3.63) is 87.5 Å². The highest BCUT2D eigenvalue weighted by atomic mass is 35.5. The Balaban J connectivity index is 1.47. The van der Waals surface area contributed by atoms with Crippen molar-refractivity contribution < 1.29 is 33.8 Å². The molecule has 2 unspecified atom stereocenters. The number of benzene rings is 3. The molecule has 0 radical (unpaired) electrons. The molecule has 0 saturated heterocycles. The number of aryl methyl sites for hydroxylation is 1. The Kier molecular flexibility index (Phi) is 13.0. The van der Waals surface area contributed by atoms with E-state index in [2.05, 4.69) is 26.3 Å². The van der Waals surface area contributed by atoms with E-state index in [1.807, 2.05) is 58.0 Å². The summed E-state index contributed by atoms with van der Waals surface area (Å²) in [6.07, 6.45) is 0.893. The molecule has 0 bridgehead atoms. The molecule has 6 N–H and O–H groups in total. The lowest BCUT2D eigenvalue weighted by Gasteiger charge is -2.39. The smallest absolute Gasteiger partial charge is 0.408 e. The highest BCUT2D eigenvalue weighted by Gasteiger charge is 2.47. The Morgan fingerprint density at radius 2 is 1.61 bits per heavy atom. The van der Waals surface area contributed by atoms with Gasteiger partial charge in [-0.1, -0.05) is 94.1 Å². The third-order valence-electron chi connectivity index (χ3n) is 10.3. The first kappa shape index (κ1) is 40.2. The number of aromatic nitrogens is 1. The van der Waals surface area contributed by atoms with Crippen LogP contribution in [-0.2, 0) is 38.6 Å². The zero-order valence-electron chi connectivity index (χ0n) is 31.0. The minimum absolute atomic E-state index is 0.0122. The van der Waals surface area contributed by atoms with Crippen molar-refractivity contribution in [2.75, 3.05) is 12.4 Å². The fraction of sp³-hybridized carbons (Fsp3) is 0.400. The van der Waals surface area contributed by atoms with Crippen LogP contribution >= 0.6 is 23.2 Å². The molecule has 1 aliphatic rings. The van der Waals surface area contributed by atoms with Gasteiger partial charge in [-0.25, -0.2) is 4.79 Å². The van der Waals surface area contributed by atoms with Crippen LogP contribution in [0.25, 0.3) is 10.9 Å². The number of carbonyl (C=O) groups is 4. The van der Waals surface area contributed by atoms with Gasteiger partial charge in [0.15, 0.2) is 11.5 Å². The molecule has 0 spiro atoms. The first-order valence-electron chi connectivity index (χ1n) is 18.1. The van der Waals surface area contributed by atoms with Crippen molar-refractivity contribution in [2.24, 2.45) is 11.8 Å². The molecule has 5 rings (SSSR count). The van der Waals surface area contributed by atoms with E-state index in [0.29, 0.717) is 45.9 Å². The van der Waals surface area contributed by atoms with E-state index in [4.69, 9.17) is 32.7 Å². The Morgan fingerprint density at radius 3 is 2.28 bits per heavy atom. The van der Waals surface area contributed by atoms with Gasteiger partial charge in [-0.2, -0.15) is 0 Å². The maximum atomic E-state index is 14.8. The Bertz CT molecular complexity index is 2010. The van der Waals surface area contributed by atoms with E-state index in [-0.39, 0.29) is 42.8 Å². The topological polar surface area (TPSA) is 171 Å². The van der Waals surface area contributed by atoms with Crippen LogP contribution in [0.5, 0.6) is 11.5 Å². The van der Waals surface area contributed by atoms with Crippen LogP contribution in [0.2, 0.25) is 10.0 Å². The lowest BCUT2D eigenvalue weighted by molar-refractivity contribution is -0.137. The second kappa shape index (κ2) is 17.5. The lowest BCUT2D eigenvalue weighted by atomic mass is 9.78. The number of alkyl carbamates (subject to hydrolysis) is 1. The molecule has 0 aliphatic heterocycles. The molecule has 14 heteroatoms. The number of ether oxygens (including phenoxy) is 2. The van der Waals surface area contributed by atoms with Crippen molar-refractivity contribution in [1.29, 1.82) is 0 Å². The van der Waals surface area contributed by atoms with E-state index in [1.165, 1.54) is 25.3 Å². The molecular weight excluding hydrogens is 733 g/mol. The number of H-pyrrole nitrogens is 1. The molecule has 12 nitrogen and oxygen atoms in total. The first-order valence-corrected chi connectivity index (χ1v) is 18.8. The van der Waals surface area contributed by atoms with Gasteiger partial charge in [-0.3, -0.25) is 14.4 Å². The maximum Gasteiger partial charge on any atom is 0.408 e. The molecule has 4 aromatic rings. The summed E-state index contributed by atoms with van der Waals surface area (Å²) in [7, 11) is 1.40. The predicted octanol–water partition coefficient (Wildman–Crippen LogP) is 7.04. The number of hydrogen-bond donors (Lipinski definition) is 6. The number of halogens is 2. The molecule has 54 heavy (non-hydrogen) atoms. The SMILES string of the molecule is CC[C@H](C)C(NC(=O)OCc1ccccc1)C(=O)N[C@@]1(C(=O)NC(C(=O)Nc2ccc(O)c(OC)c2)[C@@H](C)CC)CCc2[nH]c3c(Cl)cc(Cl)cc3c2C1. The van der Waals surface area contributed by atoms with Crippen LogP contribution in [0.1, 0.15) is 63.8 Å². The molecule has 0 saturated carbocycles. The van der Waals surface area contributed by atoms with Gasteiger partial charge < -0.3 is 40.8 Å². The van der Waals surface area contributed by atoms with Crippen LogP contribution in [0.4, 0.5) is 10.5 Å². The minimum atomic E-state index is -1.55. The van der Waals surface area contributed by atoms with Gasteiger partial charge in [0.25, 0.3) is 0 Å². The summed E-state index contributed by atoms with van der Waals surface area (Å²) in [5.74, 6) is -2.21. The summed E-state index contributed by atoms with van der Waals surface area (Å²) in [6, 6.07) is 14.9. The van der Waals surface area contributed by atoms with E-state index >= 15 is 0 Å². The fourth-order valence-corrected chi connectivity index (χ4v) is 7.23. The molecule has 1 aromatic heterocycles. The maximum absolute atomic E-state index is 14.8. The number of fused-ring (bicyclic) bond motifs is 3. The Morgan fingerprint density at radius 1 is 0.926 bits per heavy atom. The van der Waals surface area contributed by atoms with Crippen LogP contribution in [0.15, 0.2) is 60.7 Å². The second-order valence-electron chi connectivity index (χ2n) is 13.9. The molecule has 1 aliphatic carbocycles. The quantitative estimate of drug-likeness (QED) is 0.0746. The average molecular weight is 781 g/mol. The summed E-state index contributed by atoms with van der Waals surface area (Å²) < 4.78 is 10.7. The van der Waals surface area contributed by atoms with Gasteiger partial charge in [0.1, 0.15) is 24.2 Å². The number of aromatic amines is 1. The monoisotopic (exact) mass is 779 g/mol. The average Bonchev–Trinajstić information content (AvgIpc) is 3.53. The first-order chi connectivity index (χ1) is 25.8. The summed E-state index contributed by atoms with van der Waals surface area (Å²) >= 11 is 13.0. The molecule has 5 atom stereocenters. The van der Waals surface area contributed by atoms with Crippen LogP contribution in [-0.4, -0.2) is 58.6 Å². The highest BCUT2D eigenvalue weighted by Crippen LogP contribution is 2.38. The fourth-order valence-electron chi connectivity index (χ4n) is 6.69. The predicted molar refractivity (Wildman–Crippen MR) is 209 cm³/mol. The number of nitrogens with one attached hydrogen (secondary N) is 5. The number of aromatic hydroxyl groups is 1. The third-order valence-corrected chi connectivity index (χ3v) is 10.8. The highest BCUT2D eigenvalue weighted by molar-refractivity contribution is 6.38. The number of hydrogen-bond acceptors (Lipinski definition) is 7. The number of phenolic OH excluding ortho intramolecular Hbond substituents is 1. The zero-order chi connectivity index (χ0) is 39.2. The molecule has 4 amide bonds. The van der Waals surface area contributed by atoms with Crippen molar-refractivity contribution in [1.82, 2.24) is 20.9 Å². The summed E-state index contributed by atoms with van der Waals surface area (Å²) in [6.45, 7) is 7.50. The van der Waals surface area contributed by atoms with Gasteiger partial charge in [0.05, 0.1) is 17.6 Å². The van der Waals surface area contributed by atoms with Gasteiger partial charge in [0.2, 0.25) is 17.7 Å². The van der Waals surface area contributed by atoms with Crippen LogP contribution < -0.4 is 26.0 Å². The Hall–Kier alpha value is -4.94. The summed E-state index contributed by atoms with van der Waals surface area (Å²) in [5, 5.41) is 23.2. The van der Waals surface area contributed by atoms with Gasteiger partial charge in [-0.15, -0.1) is 0 Å². The van der Waals surface area contributed by atoms with Crippen LogP contribution in [0.3, 0.4) is 0 Å². The molecular formula is C40H47Cl2N5O7. The summed E-state index contributed by atoms with van der Waals surface area (Å²) in [4.78, 5) is 59.4. The molecule has 3 aromatic carbocycles. The number of rotatable bonds is 14. The number of carbonyl (C=O) groups excluding carboxylic acids is 4. The van der Waals surface area contributed by atoms with Gasteiger partial charge >= 0.3 is 6.09 Å². The normalized spacial score (nSPS) is 17.3. The number of anilines is 1. The standard InChI is InChI=1S/C40H47Cl2N5O7/c1-6-22(3)33(36(49)43-26-13-14-31(48)32(19-26)53-5)45-38(51)40(16-15-30-28(20-40)27-17-25(41)18-29(42)35(27)44-30)47-37(50)34(23(4)7-2)46-39(52)54-21-24-11-9-8-10-12-24/h8-14,17-19,22-23,33-34,44,48H,6-7,15-16,20-21H2,1-5H3,(H,43,49)(H,45,51)(H,46,52)(H,47,50)/t22-,23-,33?,34?,40-/m0/s1. The van der Waals surface area contributed by atoms with E-state index in [9.17, 15) is 24.3 Å².